The van der Waals surface area contributed by atoms with E-state index in [1.807, 2.05) is 0 Å². The van der Waals surface area contributed by atoms with Crippen molar-refractivity contribution in [3.8, 4) is 5.88 Å². The molecular formula is C14H12F3N3O2. The molecule has 1 N–H and O–H groups in total. The summed E-state index contributed by atoms with van der Waals surface area (Å²) >= 11 is 0. The first-order valence-corrected chi connectivity index (χ1v) is 6.35. The van der Waals surface area contributed by atoms with Gasteiger partial charge >= 0.3 is 6.18 Å². The molecule has 22 heavy (non-hydrogen) atoms. The number of carbonyl (C=O) groups excluding carboxylic acids is 1. The van der Waals surface area contributed by atoms with Gasteiger partial charge in [0, 0.05) is 11.8 Å². The topological polar surface area (TPSA) is 64.1 Å². The molecule has 8 heteroatoms. The number of benzene rings is 1. The van der Waals surface area contributed by atoms with Crippen molar-refractivity contribution in [3.63, 3.8) is 0 Å². The van der Waals surface area contributed by atoms with Crippen LogP contribution in [0.5, 0.6) is 5.88 Å². The predicted octanol–water partition coefficient (Wildman–Crippen LogP) is 3.15. The van der Waals surface area contributed by atoms with Gasteiger partial charge in [-0.15, -0.1) is 10.2 Å². The molecule has 0 fully saturated rings. The second-order valence-electron chi connectivity index (χ2n) is 4.22. The van der Waals surface area contributed by atoms with Crippen LogP contribution in [0.25, 0.3) is 0 Å². The van der Waals surface area contributed by atoms with Crippen LogP contribution in [0.4, 0.5) is 18.9 Å². The van der Waals surface area contributed by atoms with Gasteiger partial charge in [0.1, 0.15) is 0 Å². The van der Waals surface area contributed by atoms with Gasteiger partial charge in [-0.05, 0) is 31.2 Å². The zero-order chi connectivity index (χ0) is 16.2. The molecule has 1 aromatic carbocycles. The largest absolute Gasteiger partial charge is 0.477 e. The number of halogens is 3. The molecule has 0 bridgehead atoms. The Hall–Kier alpha value is -2.64. The molecule has 0 aliphatic carbocycles. The minimum absolute atomic E-state index is 0.0236. The highest BCUT2D eigenvalue weighted by atomic mass is 19.4. The van der Waals surface area contributed by atoms with E-state index < -0.39 is 17.6 Å². The van der Waals surface area contributed by atoms with Gasteiger partial charge in [-0.25, -0.2) is 0 Å². The molecule has 1 aromatic heterocycles. The molecule has 0 aliphatic heterocycles. The van der Waals surface area contributed by atoms with Gasteiger partial charge in [0.25, 0.3) is 5.91 Å². The first-order valence-electron chi connectivity index (χ1n) is 6.35. The van der Waals surface area contributed by atoms with Crippen LogP contribution in [-0.2, 0) is 6.18 Å². The Labute approximate surface area is 124 Å². The van der Waals surface area contributed by atoms with E-state index in [1.54, 1.807) is 6.92 Å². The first-order chi connectivity index (χ1) is 10.4. The van der Waals surface area contributed by atoms with Gasteiger partial charge in [0.2, 0.25) is 5.88 Å². The van der Waals surface area contributed by atoms with Crippen LogP contribution in [0.2, 0.25) is 0 Å². The highest BCUT2D eigenvalue weighted by molar-refractivity contribution is 6.02. The molecule has 0 saturated carbocycles. The van der Waals surface area contributed by atoms with Crippen molar-refractivity contribution in [1.82, 2.24) is 10.2 Å². The number of ether oxygens (including phenoxy) is 1. The van der Waals surface area contributed by atoms with Crippen LogP contribution in [0.1, 0.15) is 23.0 Å². The standard InChI is InChI=1S/C14H12F3N3O2/c1-2-22-12-7-6-11(19-20-12)13(21)18-10-5-3-4-9(8-10)14(15,16)17/h3-8H,2H2,1H3,(H,18,21). The van der Waals surface area contributed by atoms with E-state index in [1.165, 1.54) is 24.3 Å². The van der Waals surface area contributed by atoms with E-state index in [0.29, 0.717) is 6.61 Å². The Balaban J connectivity index is 2.11. The third-order valence-corrected chi connectivity index (χ3v) is 2.61. The lowest BCUT2D eigenvalue weighted by atomic mass is 10.2. The summed E-state index contributed by atoms with van der Waals surface area (Å²) in [6.45, 7) is 2.18. The Bertz CT molecular complexity index is 657. The van der Waals surface area contributed by atoms with Crippen LogP contribution >= 0.6 is 0 Å². The summed E-state index contributed by atoms with van der Waals surface area (Å²) in [6, 6.07) is 7.17. The van der Waals surface area contributed by atoms with Crippen LogP contribution in [0.15, 0.2) is 36.4 Å². The fourth-order valence-electron chi connectivity index (χ4n) is 1.63. The lowest BCUT2D eigenvalue weighted by molar-refractivity contribution is -0.137. The Morgan fingerprint density at radius 1 is 1.23 bits per heavy atom. The number of nitrogens with zero attached hydrogens (tertiary/aromatic N) is 2. The minimum Gasteiger partial charge on any atom is -0.477 e. The van der Waals surface area contributed by atoms with E-state index in [2.05, 4.69) is 15.5 Å². The number of nitrogens with one attached hydrogen (secondary N) is 1. The van der Waals surface area contributed by atoms with E-state index in [9.17, 15) is 18.0 Å². The summed E-state index contributed by atoms with van der Waals surface area (Å²) < 4.78 is 42.9. The molecule has 116 valence electrons. The monoisotopic (exact) mass is 311 g/mol. The number of anilines is 1. The molecule has 0 unspecified atom stereocenters. The predicted molar refractivity (Wildman–Crippen MR) is 72.6 cm³/mol. The normalized spacial score (nSPS) is 11.1. The second-order valence-corrected chi connectivity index (χ2v) is 4.22. The zero-order valence-electron chi connectivity index (χ0n) is 11.5. The number of carbonyl (C=O) groups is 1. The molecule has 5 nitrogen and oxygen atoms in total. The molecule has 0 radical (unpaired) electrons. The lowest BCUT2D eigenvalue weighted by Crippen LogP contribution is -2.15. The highest BCUT2D eigenvalue weighted by Gasteiger charge is 2.30. The number of rotatable bonds is 4. The number of aromatic nitrogens is 2. The Kier molecular flexibility index (Phi) is 4.59. The Morgan fingerprint density at radius 2 is 2.00 bits per heavy atom. The smallest absolute Gasteiger partial charge is 0.416 e. The number of alkyl halides is 3. The van der Waals surface area contributed by atoms with Crippen molar-refractivity contribution in [2.45, 2.75) is 13.1 Å². The molecule has 2 rings (SSSR count). The van der Waals surface area contributed by atoms with Gasteiger partial charge in [-0.1, -0.05) is 6.07 Å². The maximum Gasteiger partial charge on any atom is 0.416 e. The van der Waals surface area contributed by atoms with Crippen molar-refractivity contribution in [1.29, 1.82) is 0 Å². The summed E-state index contributed by atoms with van der Waals surface area (Å²) in [5.74, 6) is -0.395. The van der Waals surface area contributed by atoms with E-state index in [4.69, 9.17) is 4.74 Å². The van der Waals surface area contributed by atoms with Gasteiger partial charge in [0.05, 0.1) is 12.2 Å². The molecular weight excluding hydrogens is 299 g/mol. The van der Waals surface area contributed by atoms with Crippen molar-refractivity contribution >= 4 is 11.6 Å². The second kappa shape index (κ2) is 6.42. The third kappa shape index (κ3) is 3.94. The van der Waals surface area contributed by atoms with Gasteiger partial charge in [0.15, 0.2) is 5.69 Å². The number of amides is 1. The fourth-order valence-corrected chi connectivity index (χ4v) is 1.63. The molecule has 1 amide bonds. The summed E-state index contributed by atoms with van der Waals surface area (Å²) in [5.41, 5.74) is -0.848. The SMILES string of the molecule is CCOc1ccc(C(=O)Nc2cccc(C(F)(F)F)c2)nn1. The summed E-state index contributed by atoms with van der Waals surface area (Å²) in [4.78, 5) is 11.9. The maximum atomic E-state index is 12.6. The summed E-state index contributed by atoms with van der Waals surface area (Å²) in [6.07, 6.45) is -4.47. The first kappa shape index (κ1) is 15.7. The zero-order valence-corrected chi connectivity index (χ0v) is 11.5. The third-order valence-electron chi connectivity index (χ3n) is 2.61. The fraction of sp³-hybridized carbons (Fsp3) is 0.214. The van der Waals surface area contributed by atoms with E-state index in [-0.39, 0.29) is 17.3 Å². The molecule has 1 heterocycles. The molecule has 2 aromatic rings. The van der Waals surface area contributed by atoms with E-state index >= 15 is 0 Å². The maximum absolute atomic E-state index is 12.6. The average molecular weight is 311 g/mol. The highest BCUT2D eigenvalue weighted by Crippen LogP contribution is 2.30. The Morgan fingerprint density at radius 3 is 2.59 bits per heavy atom. The molecule has 0 atom stereocenters. The summed E-state index contributed by atoms with van der Waals surface area (Å²) in [5, 5.41) is 9.67. The quantitative estimate of drug-likeness (QED) is 0.942. The van der Waals surface area contributed by atoms with Gasteiger partial charge < -0.3 is 10.1 Å². The van der Waals surface area contributed by atoms with Crippen LogP contribution in [0.3, 0.4) is 0 Å². The average Bonchev–Trinajstić information content (AvgIpc) is 2.48. The molecule has 0 saturated heterocycles. The van der Waals surface area contributed by atoms with E-state index in [0.717, 1.165) is 12.1 Å². The number of hydrogen-bond donors (Lipinski definition) is 1. The van der Waals surface area contributed by atoms with Crippen molar-refractivity contribution in [2.24, 2.45) is 0 Å². The minimum atomic E-state index is -4.47. The van der Waals surface area contributed by atoms with Crippen LogP contribution in [-0.4, -0.2) is 22.7 Å². The van der Waals surface area contributed by atoms with Crippen molar-refractivity contribution in [3.05, 3.63) is 47.7 Å². The van der Waals surface area contributed by atoms with Gasteiger partial charge in [-0.3, -0.25) is 4.79 Å². The van der Waals surface area contributed by atoms with Crippen LogP contribution < -0.4 is 10.1 Å². The van der Waals surface area contributed by atoms with Crippen LogP contribution in [0, 0.1) is 0 Å². The molecule has 0 aliphatic rings. The molecule has 0 spiro atoms. The summed E-state index contributed by atoms with van der Waals surface area (Å²) in [7, 11) is 0. The number of hydrogen-bond acceptors (Lipinski definition) is 4. The van der Waals surface area contributed by atoms with Crippen molar-refractivity contribution < 1.29 is 22.7 Å². The van der Waals surface area contributed by atoms with Crippen molar-refractivity contribution in [2.75, 3.05) is 11.9 Å². The lowest BCUT2D eigenvalue weighted by Gasteiger charge is -2.09. The van der Waals surface area contributed by atoms with Gasteiger partial charge in [-0.2, -0.15) is 13.2 Å².